The van der Waals surface area contributed by atoms with E-state index in [0.717, 1.165) is 101 Å². The maximum atomic E-state index is 14.1. The molecule has 0 aliphatic carbocycles. The largest absolute Gasteiger partial charge is 0.493 e. The second-order valence-electron chi connectivity index (χ2n) is 17.3. The van der Waals surface area contributed by atoms with Crippen molar-refractivity contribution in [1.82, 2.24) is 0 Å². The molecule has 2 amide bonds. The number of hydrogen-bond donors (Lipinski definition) is 0. The highest BCUT2D eigenvalue weighted by Gasteiger charge is 2.39. The zero-order valence-corrected chi connectivity index (χ0v) is 37.0. The van der Waals surface area contributed by atoms with Gasteiger partial charge in [0.1, 0.15) is 19.0 Å². The van der Waals surface area contributed by atoms with E-state index in [0.29, 0.717) is 30.3 Å². The predicted octanol–water partition coefficient (Wildman–Crippen LogP) is 10.4. The smallest absolute Gasteiger partial charge is 0.258 e. The molecule has 0 fully saturated rings. The molecule has 8 nitrogen and oxygen atoms in total. The van der Waals surface area contributed by atoms with E-state index in [-0.39, 0.29) is 28.6 Å². The molecule has 2 atom stereocenters. The van der Waals surface area contributed by atoms with Gasteiger partial charge in [-0.1, -0.05) is 58.0 Å². The number of carbonyl (C=O) groups excluding carboxylic acids is 2. The predicted molar refractivity (Wildman–Crippen MR) is 246 cm³/mol. The maximum absolute atomic E-state index is 14.1. The second-order valence-corrected chi connectivity index (χ2v) is 20.4. The van der Waals surface area contributed by atoms with Gasteiger partial charge in [0.15, 0.2) is 11.5 Å². The Hall–Kier alpha value is -5.06. The number of rotatable bonds is 12. The lowest BCUT2D eigenvalue weighted by molar-refractivity contribution is 0.0973. The molecule has 0 spiro atoms. The summed E-state index contributed by atoms with van der Waals surface area (Å²) in [5, 5.41) is 0. The van der Waals surface area contributed by atoms with E-state index in [4.69, 9.17) is 14.2 Å². The van der Waals surface area contributed by atoms with Crippen LogP contribution in [0.5, 0.6) is 17.2 Å². The van der Waals surface area contributed by atoms with Crippen molar-refractivity contribution in [2.45, 2.75) is 89.3 Å². The number of benzene rings is 5. The Balaban J connectivity index is 0.967. The summed E-state index contributed by atoms with van der Waals surface area (Å²) >= 11 is 0. The van der Waals surface area contributed by atoms with Gasteiger partial charge in [0.25, 0.3) is 11.8 Å². The molecule has 0 saturated carbocycles. The SMILES string of the molecule is COc1cc2c(cc1OCc1cc(COc3cc4c(cc3C)C(=O)N3c5ccccc5C[C@H]3CC4)cc(N(C)CC(C)(C)SSC)c1)CC[C@@H]1Cc3ccccc3N1C2=O. The molecule has 60 heavy (non-hydrogen) atoms. The van der Waals surface area contributed by atoms with Crippen LogP contribution in [-0.2, 0) is 38.9 Å². The lowest BCUT2D eigenvalue weighted by atomic mass is 9.98. The minimum Gasteiger partial charge on any atom is -0.493 e. The summed E-state index contributed by atoms with van der Waals surface area (Å²) in [5.41, 5.74) is 12.1. The lowest BCUT2D eigenvalue weighted by Gasteiger charge is -2.31. The van der Waals surface area contributed by atoms with Gasteiger partial charge in [-0.05, 0) is 159 Å². The number of nitrogens with zero attached hydrogens (tertiary/aromatic N) is 3. The molecule has 310 valence electrons. The van der Waals surface area contributed by atoms with Crippen molar-refractivity contribution in [3.05, 3.63) is 141 Å². The fraction of sp³-hybridized carbons (Fsp3) is 0.360. The van der Waals surface area contributed by atoms with E-state index >= 15 is 0 Å². The highest BCUT2D eigenvalue weighted by molar-refractivity contribution is 8.77. The molecule has 0 radical (unpaired) electrons. The number of amides is 2. The van der Waals surface area contributed by atoms with Crippen LogP contribution in [0.15, 0.2) is 91.0 Å². The third-order valence-electron chi connectivity index (χ3n) is 12.5. The van der Waals surface area contributed by atoms with E-state index in [2.05, 4.69) is 86.6 Å². The van der Waals surface area contributed by atoms with Crippen molar-refractivity contribution >= 4 is 50.5 Å². The van der Waals surface area contributed by atoms with Crippen molar-refractivity contribution in [3.63, 3.8) is 0 Å². The molecule has 4 aliphatic rings. The van der Waals surface area contributed by atoms with E-state index in [9.17, 15) is 9.59 Å². The molecule has 10 heteroatoms. The van der Waals surface area contributed by atoms with Crippen molar-refractivity contribution < 1.29 is 23.8 Å². The van der Waals surface area contributed by atoms with Gasteiger partial charge in [0.05, 0.1) is 7.11 Å². The molecular formula is C50H53N3O5S2. The number of fused-ring (bicyclic) bond motifs is 8. The van der Waals surface area contributed by atoms with Crippen molar-refractivity contribution in [1.29, 1.82) is 0 Å². The number of para-hydroxylation sites is 2. The van der Waals surface area contributed by atoms with Crippen molar-refractivity contribution in [2.75, 3.05) is 41.7 Å². The number of carbonyl (C=O) groups is 2. The monoisotopic (exact) mass is 839 g/mol. The van der Waals surface area contributed by atoms with Gasteiger partial charge in [-0.3, -0.25) is 9.59 Å². The first-order valence-corrected chi connectivity index (χ1v) is 23.5. The Morgan fingerprint density at radius 3 is 1.80 bits per heavy atom. The number of hydrogen-bond acceptors (Lipinski definition) is 8. The highest BCUT2D eigenvalue weighted by Crippen LogP contribution is 2.42. The third-order valence-corrected chi connectivity index (χ3v) is 15.1. The Bertz CT molecular complexity index is 2480. The molecule has 0 N–H and O–H groups in total. The van der Waals surface area contributed by atoms with Gasteiger partial charge >= 0.3 is 0 Å². The van der Waals surface area contributed by atoms with Crippen LogP contribution in [0, 0.1) is 6.92 Å². The summed E-state index contributed by atoms with van der Waals surface area (Å²) in [5.74, 6) is 2.07. The third kappa shape index (κ3) is 7.73. The Morgan fingerprint density at radius 2 is 1.23 bits per heavy atom. The maximum Gasteiger partial charge on any atom is 0.258 e. The van der Waals surface area contributed by atoms with E-state index in [1.165, 1.54) is 11.1 Å². The zero-order valence-electron chi connectivity index (χ0n) is 35.4. The van der Waals surface area contributed by atoms with Gasteiger partial charge < -0.3 is 28.9 Å². The normalized spacial score (nSPS) is 17.8. The topological polar surface area (TPSA) is 71.6 Å². The summed E-state index contributed by atoms with van der Waals surface area (Å²) in [4.78, 5) is 34.4. The fourth-order valence-electron chi connectivity index (χ4n) is 9.78. The van der Waals surface area contributed by atoms with Crippen LogP contribution >= 0.6 is 21.6 Å². The Labute approximate surface area is 362 Å². The molecule has 0 aromatic heterocycles. The van der Waals surface area contributed by atoms with Crippen LogP contribution in [0.2, 0.25) is 0 Å². The Morgan fingerprint density at radius 1 is 0.700 bits per heavy atom. The van der Waals surface area contributed by atoms with Crippen LogP contribution in [0.1, 0.15) is 86.3 Å². The van der Waals surface area contributed by atoms with Crippen LogP contribution in [-0.4, -0.2) is 55.6 Å². The van der Waals surface area contributed by atoms with Crippen molar-refractivity contribution in [3.8, 4) is 17.2 Å². The summed E-state index contributed by atoms with van der Waals surface area (Å²) in [6.45, 7) is 8.09. The molecule has 4 aliphatic heterocycles. The van der Waals surface area contributed by atoms with Gasteiger partial charge in [0.2, 0.25) is 0 Å². The van der Waals surface area contributed by atoms with Gasteiger partial charge in [-0.2, -0.15) is 0 Å². The molecule has 9 rings (SSSR count). The molecular weight excluding hydrogens is 787 g/mol. The average Bonchev–Trinajstić information content (AvgIpc) is 3.73. The van der Waals surface area contributed by atoms with Gasteiger partial charge in [0, 0.05) is 58.6 Å². The van der Waals surface area contributed by atoms with Crippen molar-refractivity contribution in [2.24, 2.45) is 0 Å². The van der Waals surface area contributed by atoms with E-state index in [1.807, 2.05) is 63.9 Å². The standard InChI is InChI=1S/C50H53N3O5S2/c1-31-19-41-34(15-17-38-23-36-11-7-9-13-43(36)52(38)48(41)54)25-45(31)57-28-32-20-33(22-40(21-32)51(4)30-50(2,3)60-59-6)29-58-47-26-35-16-18-39-24-37-12-8-10-14-44(37)53(39)49(55)42(35)27-46(47)56-5/h7-14,19-22,25-27,38-39H,15-18,23-24,28-30H2,1-6H3/t38-,39-/m1/s1. The number of aryl methyl sites for hydroxylation is 3. The number of ether oxygens (including phenoxy) is 3. The lowest BCUT2D eigenvalue weighted by Crippen LogP contribution is -2.36. The Kier molecular flexibility index (Phi) is 11.0. The van der Waals surface area contributed by atoms with Crippen LogP contribution < -0.4 is 28.9 Å². The molecule has 5 aromatic carbocycles. The van der Waals surface area contributed by atoms with Crippen LogP contribution in [0.3, 0.4) is 0 Å². The second kappa shape index (κ2) is 16.4. The first-order valence-electron chi connectivity index (χ1n) is 21.0. The first kappa shape index (κ1) is 40.4. The summed E-state index contributed by atoms with van der Waals surface area (Å²) < 4.78 is 19.1. The molecule has 0 saturated heterocycles. The zero-order chi connectivity index (χ0) is 41.7. The van der Waals surface area contributed by atoms with Gasteiger partial charge in [-0.25, -0.2) is 0 Å². The molecule has 4 heterocycles. The summed E-state index contributed by atoms with van der Waals surface area (Å²) in [7, 11) is 7.43. The van der Waals surface area contributed by atoms with E-state index < -0.39 is 0 Å². The highest BCUT2D eigenvalue weighted by atomic mass is 33.1. The van der Waals surface area contributed by atoms with E-state index in [1.54, 1.807) is 17.9 Å². The summed E-state index contributed by atoms with van der Waals surface area (Å²) in [6, 6.07) is 31.4. The molecule has 0 bridgehead atoms. The van der Waals surface area contributed by atoms with Gasteiger partial charge in [-0.15, -0.1) is 0 Å². The minimum atomic E-state index is 0.0210. The fourth-order valence-corrected chi connectivity index (χ4v) is 12.0. The average molecular weight is 840 g/mol. The van der Waals surface area contributed by atoms with Crippen LogP contribution in [0.4, 0.5) is 17.1 Å². The first-order chi connectivity index (χ1) is 29.0. The minimum absolute atomic E-state index is 0.0210. The van der Waals surface area contributed by atoms with Crippen LogP contribution in [0.25, 0.3) is 0 Å². The molecule has 5 aromatic rings. The molecule has 0 unspecified atom stereocenters. The number of methoxy groups -OCH3 is 1. The number of anilines is 3. The summed E-state index contributed by atoms with van der Waals surface area (Å²) in [6.07, 6.45) is 7.30. The quantitative estimate of drug-likeness (QED) is 0.115.